The fraction of sp³-hybridized carbons (Fsp3) is 0.500. The molecule has 0 aliphatic carbocycles. The minimum Gasteiger partial charge on any atom is -0.506 e. The van der Waals surface area contributed by atoms with Gasteiger partial charge in [-0.1, -0.05) is 17.7 Å². The summed E-state index contributed by atoms with van der Waals surface area (Å²) < 4.78 is 5.36. The van der Waals surface area contributed by atoms with Crippen molar-refractivity contribution in [3.8, 4) is 5.75 Å². The second-order valence-electron chi connectivity index (χ2n) is 4.93. The molecule has 1 amide bonds. The second kappa shape index (κ2) is 6.92. The molecule has 1 fully saturated rings. The van der Waals surface area contributed by atoms with E-state index >= 15 is 0 Å². The summed E-state index contributed by atoms with van der Waals surface area (Å²) in [6.45, 7) is 2.00. The Balaban J connectivity index is 2.01. The summed E-state index contributed by atoms with van der Waals surface area (Å²) in [6, 6.07) is 4.75. The lowest BCUT2D eigenvalue weighted by molar-refractivity contribution is -0.131. The van der Waals surface area contributed by atoms with Crippen LogP contribution in [0.15, 0.2) is 18.2 Å². The number of ether oxygens (including phenoxy) is 1. The Morgan fingerprint density at radius 1 is 1.50 bits per heavy atom. The first-order chi connectivity index (χ1) is 9.60. The predicted molar refractivity (Wildman–Crippen MR) is 74.8 cm³/mol. The molecular formula is C14H18ClNO4. The van der Waals surface area contributed by atoms with Gasteiger partial charge < -0.3 is 19.8 Å². The van der Waals surface area contributed by atoms with Gasteiger partial charge in [-0.3, -0.25) is 4.79 Å². The van der Waals surface area contributed by atoms with Crippen LogP contribution in [0.3, 0.4) is 0 Å². The minimum atomic E-state index is -0.0372. The summed E-state index contributed by atoms with van der Waals surface area (Å²) in [4.78, 5) is 14.0. The number of halogens is 1. The first-order valence-electron chi connectivity index (χ1n) is 6.54. The molecule has 0 radical (unpaired) electrons. The van der Waals surface area contributed by atoms with Gasteiger partial charge in [-0.05, 0) is 17.7 Å². The fourth-order valence-electron chi connectivity index (χ4n) is 2.16. The molecule has 2 rings (SSSR count). The third kappa shape index (κ3) is 3.85. The number of phenolic OH excluding ortho intramolecular Hbond substituents is 1. The van der Waals surface area contributed by atoms with Crippen molar-refractivity contribution in [3.05, 3.63) is 28.8 Å². The normalized spacial score (nSPS) is 19.7. The van der Waals surface area contributed by atoms with Crippen molar-refractivity contribution in [1.29, 1.82) is 0 Å². The number of rotatable bonds is 3. The van der Waals surface area contributed by atoms with Gasteiger partial charge >= 0.3 is 0 Å². The lowest BCUT2D eigenvalue weighted by Crippen LogP contribution is -2.37. The molecule has 110 valence electrons. The highest BCUT2D eigenvalue weighted by molar-refractivity contribution is 6.32. The Morgan fingerprint density at radius 3 is 3.00 bits per heavy atom. The van der Waals surface area contributed by atoms with Gasteiger partial charge in [0.2, 0.25) is 5.91 Å². The maximum Gasteiger partial charge on any atom is 0.227 e. The molecule has 0 bridgehead atoms. The molecule has 1 aromatic rings. The number of aliphatic hydroxyl groups excluding tert-OH is 1. The van der Waals surface area contributed by atoms with Crippen molar-refractivity contribution in [2.45, 2.75) is 6.42 Å². The third-order valence-electron chi connectivity index (χ3n) is 3.32. The molecule has 0 unspecified atom stereocenters. The van der Waals surface area contributed by atoms with Gasteiger partial charge in [0.05, 0.1) is 24.7 Å². The molecule has 5 nitrogen and oxygen atoms in total. The van der Waals surface area contributed by atoms with E-state index in [1.54, 1.807) is 17.0 Å². The summed E-state index contributed by atoms with van der Waals surface area (Å²) in [5, 5.41) is 18.8. The Morgan fingerprint density at radius 2 is 2.30 bits per heavy atom. The van der Waals surface area contributed by atoms with E-state index in [9.17, 15) is 15.0 Å². The van der Waals surface area contributed by atoms with Crippen molar-refractivity contribution in [1.82, 2.24) is 4.90 Å². The fourth-order valence-corrected chi connectivity index (χ4v) is 2.37. The number of hydrogen-bond donors (Lipinski definition) is 2. The van der Waals surface area contributed by atoms with E-state index in [4.69, 9.17) is 16.3 Å². The Kier molecular flexibility index (Phi) is 5.23. The number of carbonyl (C=O) groups excluding carboxylic acids is 1. The van der Waals surface area contributed by atoms with Crippen molar-refractivity contribution in [3.63, 3.8) is 0 Å². The van der Waals surface area contributed by atoms with E-state index in [2.05, 4.69) is 0 Å². The molecule has 20 heavy (non-hydrogen) atoms. The van der Waals surface area contributed by atoms with Gasteiger partial charge in [-0.25, -0.2) is 0 Å². The number of aliphatic hydroxyl groups is 1. The number of benzene rings is 1. The quantitative estimate of drug-likeness (QED) is 0.875. The largest absolute Gasteiger partial charge is 0.506 e. The molecule has 0 spiro atoms. The van der Waals surface area contributed by atoms with Crippen molar-refractivity contribution in [2.75, 3.05) is 32.9 Å². The predicted octanol–water partition coefficient (Wildman–Crippen LogP) is 1.06. The van der Waals surface area contributed by atoms with Crippen molar-refractivity contribution < 1.29 is 19.7 Å². The first-order valence-corrected chi connectivity index (χ1v) is 6.91. The standard InChI is InChI=1S/C14H18ClNO4/c15-12-5-10(1-2-13(12)18)6-14(19)16-3-4-20-9-11(7-16)8-17/h1-2,5,11,17-18H,3-4,6-9H2/t11-/m0/s1. The number of phenols is 1. The van der Waals surface area contributed by atoms with E-state index in [1.807, 2.05) is 0 Å². The van der Waals surface area contributed by atoms with Crippen LogP contribution >= 0.6 is 11.6 Å². The van der Waals surface area contributed by atoms with Crippen LogP contribution in [0.4, 0.5) is 0 Å². The zero-order valence-corrected chi connectivity index (χ0v) is 11.8. The maximum absolute atomic E-state index is 12.3. The summed E-state index contributed by atoms with van der Waals surface area (Å²) in [7, 11) is 0. The summed E-state index contributed by atoms with van der Waals surface area (Å²) >= 11 is 5.83. The highest BCUT2D eigenvalue weighted by Gasteiger charge is 2.22. The molecule has 0 aromatic heterocycles. The summed E-state index contributed by atoms with van der Waals surface area (Å²) in [5.74, 6) is -0.0630. The van der Waals surface area contributed by atoms with Crippen LogP contribution in [0.2, 0.25) is 5.02 Å². The molecule has 6 heteroatoms. The molecule has 1 aliphatic heterocycles. The van der Waals surface area contributed by atoms with Crippen LogP contribution in [0.5, 0.6) is 5.75 Å². The molecule has 1 aromatic carbocycles. The Hall–Kier alpha value is -1.30. The van der Waals surface area contributed by atoms with E-state index in [0.29, 0.717) is 26.3 Å². The number of aromatic hydroxyl groups is 1. The molecule has 1 atom stereocenters. The van der Waals surface area contributed by atoms with Gasteiger partial charge in [-0.2, -0.15) is 0 Å². The van der Waals surface area contributed by atoms with Crippen LogP contribution in [-0.4, -0.2) is 53.9 Å². The van der Waals surface area contributed by atoms with Gasteiger partial charge in [0, 0.05) is 25.6 Å². The molecule has 1 aliphatic rings. The zero-order valence-electron chi connectivity index (χ0n) is 11.1. The van der Waals surface area contributed by atoms with Crippen LogP contribution in [0.25, 0.3) is 0 Å². The SMILES string of the molecule is O=C(Cc1ccc(O)c(Cl)c1)N1CCOC[C@H](CO)C1. The smallest absolute Gasteiger partial charge is 0.227 e. The average molecular weight is 300 g/mol. The van der Waals surface area contributed by atoms with Crippen LogP contribution in [0, 0.1) is 5.92 Å². The van der Waals surface area contributed by atoms with Gasteiger partial charge in [-0.15, -0.1) is 0 Å². The third-order valence-corrected chi connectivity index (χ3v) is 3.62. The van der Waals surface area contributed by atoms with Crippen LogP contribution < -0.4 is 0 Å². The Labute approximate surface area is 122 Å². The lowest BCUT2D eigenvalue weighted by Gasteiger charge is -2.22. The molecular weight excluding hydrogens is 282 g/mol. The maximum atomic E-state index is 12.3. The topological polar surface area (TPSA) is 70.0 Å². The second-order valence-corrected chi connectivity index (χ2v) is 5.33. The van der Waals surface area contributed by atoms with E-state index in [0.717, 1.165) is 5.56 Å². The molecule has 0 saturated carbocycles. The first kappa shape index (κ1) is 15.1. The van der Waals surface area contributed by atoms with Gasteiger partial charge in [0.25, 0.3) is 0 Å². The van der Waals surface area contributed by atoms with Gasteiger partial charge in [0.1, 0.15) is 5.75 Å². The number of nitrogens with zero attached hydrogens (tertiary/aromatic N) is 1. The lowest BCUT2D eigenvalue weighted by atomic mass is 10.1. The molecule has 1 saturated heterocycles. The minimum absolute atomic E-state index is 0.00591. The highest BCUT2D eigenvalue weighted by atomic mass is 35.5. The van der Waals surface area contributed by atoms with Crippen molar-refractivity contribution in [2.24, 2.45) is 5.92 Å². The molecule has 1 heterocycles. The van der Waals surface area contributed by atoms with E-state index in [1.165, 1.54) is 6.07 Å². The summed E-state index contributed by atoms with van der Waals surface area (Å²) in [6.07, 6.45) is 0.220. The number of amides is 1. The van der Waals surface area contributed by atoms with Crippen molar-refractivity contribution >= 4 is 17.5 Å². The summed E-state index contributed by atoms with van der Waals surface area (Å²) in [5.41, 5.74) is 0.753. The van der Waals surface area contributed by atoms with Crippen LogP contribution in [0.1, 0.15) is 5.56 Å². The Bertz CT molecular complexity index is 480. The van der Waals surface area contributed by atoms with E-state index in [-0.39, 0.29) is 35.6 Å². The molecule has 2 N–H and O–H groups in total. The van der Waals surface area contributed by atoms with E-state index < -0.39 is 0 Å². The number of carbonyl (C=O) groups is 1. The monoisotopic (exact) mass is 299 g/mol. The highest BCUT2D eigenvalue weighted by Crippen LogP contribution is 2.24. The van der Waals surface area contributed by atoms with Crippen LogP contribution in [-0.2, 0) is 16.0 Å². The van der Waals surface area contributed by atoms with Gasteiger partial charge in [0.15, 0.2) is 0 Å². The average Bonchev–Trinajstić information content (AvgIpc) is 2.68. The number of hydrogen-bond acceptors (Lipinski definition) is 4. The zero-order chi connectivity index (χ0) is 14.5.